The Morgan fingerprint density at radius 1 is 1.03 bits per heavy atom. The van der Waals surface area contributed by atoms with E-state index in [1.54, 1.807) is 24.3 Å². The number of likely N-dealkylation sites (tertiary alicyclic amines) is 1. The predicted octanol–water partition coefficient (Wildman–Crippen LogP) is 0.665. The molecule has 31 heavy (non-hydrogen) atoms. The number of hydrogen-bond acceptors (Lipinski definition) is 5. The lowest BCUT2D eigenvalue weighted by Gasteiger charge is -2.35. The first-order valence-corrected chi connectivity index (χ1v) is 12.1. The molecule has 4 rings (SSSR count). The number of fused-ring (bicyclic) bond motifs is 1. The van der Waals surface area contributed by atoms with Crippen LogP contribution >= 0.6 is 0 Å². The smallest absolute Gasteiger partial charge is 0.332 e. The van der Waals surface area contributed by atoms with E-state index < -0.39 is 33.4 Å². The number of amidine groups is 1. The number of urea groups is 1. The van der Waals surface area contributed by atoms with Gasteiger partial charge in [-0.1, -0.05) is 0 Å². The van der Waals surface area contributed by atoms with Crippen molar-refractivity contribution >= 4 is 39.4 Å². The highest BCUT2D eigenvalue weighted by Gasteiger charge is 2.62. The maximum atomic E-state index is 13.2. The average molecular weight is 448 g/mol. The molecule has 0 unspecified atom stereocenters. The van der Waals surface area contributed by atoms with Crippen LogP contribution in [0, 0.1) is 0 Å². The number of nitrogens with two attached hydrogens (primary N) is 1. The summed E-state index contributed by atoms with van der Waals surface area (Å²) in [6.07, 6.45) is 4.47. The number of carbonyl (C=O) groups excluding carboxylic acids is 3. The van der Waals surface area contributed by atoms with Gasteiger partial charge in [-0.2, -0.15) is 0 Å². The first-order chi connectivity index (χ1) is 14.6. The molecule has 1 aromatic carbocycles. The molecule has 11 heteroatoms. The van der Waals surface area contributed by atoms with Crippen molar-refractivity contribution in [2.24, 2.45) is 10.1 Å². The van der Waals surface area contributed by atoms with Gasteiger partial charge in [0, 0.05) is 25.2 Å². The molecule has 3 aliphatic heterocycles. The van der Waals surface area contributed by atoms with Crippen molar-refractivity contribution in [2.75, 3.05) is 30.8 Å². The number of carbonyl (C=O) groups is 3. The van der Waals surface area contributed by atoms with Crippen molar-refractivity contribution < 1.29 is 22.8 Å². The number of anilines is 1. The maximum Gasteiger partial charge on any atom is 0.332 e. The molecule has 166 valence electrons. The van der Waals surface area contributed by atoms with Gasteiger partial charge in [-0.15, -0.1) is 4.40 Å². The number of nitrogens with zero attached hydrogens (tertiary/aromatic N) is 4. The van der Waals surface area contributed by atoms with Gasteiger partial charge in [0.25, 0.3) is 21.8 Å². The van der Waals surface area contributed by atoms with Gasteiger partial charge in [-0.3, -0.25) is 9.59 Å². The quantitative estimate of drug-likeness (QED) is 0.312. The van der Waals surface area contributed by atoms with E-state index in [1.165, 1.54) is 4.90 Å². The number of imide groups is 1. The highest BCUT2D eigenvalue weighted by atomic mass is 32.2. The van der Waals surface area contributed by atoms with E-state index in [9.17, 15) is 22.8 Å². The van der Waals surface area contributed by atoms with Crippen LogP contribution in [0.1, 0.15) is 37.7 Å². The number of hydrogen-bond donors (Lipinski definition) is 1. The number of amides is 4. The minimum atomic E-state index is -3.61. The van der Waals surface area contributed by atoms with Crippen molar-refractivity contribution in [1.29, 1.82) is 0 Å². The van der Waals surface area contributed by atoms with E-state index in [1.807, 2.05) is 4.90 Å². The zero-order valence-electron chi connectivity index (χ0n) is 17.3. The molecule has 3 heterocycles. The zero-order valence-corrected chi connectivity index (χ0v) is 18.1. The number of primary amides is 1. The molecule has 3 fully saturated rings. The van der Waals surface area contributed by atoms with Crippen LogP contribution in [0.15, 0.2) is 28.7 Å². The van der Waals surface area contributed by atoms with E-state index >= 15 is 0 Å². The Morgan fingerprint density at radius 3 is 2.19 bits per heavy atom. The molecule has 4 amide bonds. The summed E-state index contributed by atoms with van der Waals surface area (Å²) in [5, 5.41) is 0. The Hall–Kier alpha value is -2.95. The second-order valence-corrected chi connectivity index (χ2v) is 9.79. The van der Waals surface area contributed by atoms with E-state index in [4.69, 9.17) is 5.73 Å². The van der Waals surface area contributed by atoms with Crippen molar-refractivity contribution in [1.82, 2.24) is 9.80 Å². The molecule has 0 radical (unpaired) electrons. The molecule has 0 aliphatic carbocycles. The average Bonchev–Trinajstić information content (AvgIpc) is 3.33. The number of benzene rings is 1. The Labute approximate surface area is 180 Å². The Morgan fingerprint density at radius 2 is 1.65 bits per heavy atom. The molecular formula is C20H25N5O5S. The second-order valence-electron chi connectivity index (χ2n) is 8.15. The van der Waals surface area contributed by atoms with Gasteiger partial charge < -0.3 is 15.5 Å². The molecule has 0 aromatic heterocycles. The Balaban J connectivity index is 1.69. The van der Waals surface area contributed by atoms with Crippen molar-refractivity contribution in [3.05, 3.63) is 29.8 Å². The summed E-state index contributed by atoms with van der Waals surface area (Å²) in [6, 6.07) is 5.82. The monoisotopic (exact) mass is 447 g/mol. The highest BCUT2D eigenvalue weighted by molar-refractivity contribution is 7.89. The summed E-state index contributed by atoms with van der Waals surface area (Å²) in [6.45, 7) is 1.70. The minimum absolute atomic E-state index is 0.210. The van der Waals surface area contributed by atoms with Crippen molar-refractivity contribution in [3.8, 4) is 0 Å². The lowest BCUT2D eigenvalue weighted by atomic mass is 9.86. The van der Waals surface area contributed by atoms with Gasteiger partial charge in [0.15, 0.2) is 0 Å². The fourth-order valence-electron chi connectivity index (χ4n) is 4.58. The third-order valence-corrected chi connectivity index (χ3v) is 6.56. The molecule has 0 saturated carbocycles. The summed E-state index contributed by atoms with van der Waals surface area (Å²) >= 11 is 0. The fourth-order valence-corrected chi connectivity index (χ4v) is 5.11. The van der Waals surface area contributed by atoms with Crippen LogP contribution in [0.3, 0.4) is 0 Å². The number of sulfonamides is 1. The maximum absolute atomic E-state index is 13.2. The van der Waals surface area contributed by atoms with E-state index in [0.29, 0.717) is 49.6 Å². The summed E-state index contributed by atoms with van der Waals surface area (Å²) in [4.78, 5) is 42.6. The molecule has 1 aromatic rings. The lowest BCUT2D eigenvalue weighted by molar-refractivity contribution is -0.139. The summed E-state index contributed by atoms with van der Waals surface area (Å²) < 4.78 is 27.5. The van der Waals surface area contributed by atoms with Crippen LogP contribution < -0.4 is 10.6 Å². The normalized spacial score (nSPS) is 24.7. The molecule has 3 saturated heterocycles. The molecule has 2 N–H and O–H groups in total. The molecule has 0 spiro atoms. The van der Waals surface area contributed by atoms with Crippen LogP contribution in [0.5, 0.6) is 0 Å². The Kier molecular flexibility index (Phi) is 5.24. The standard InChI is InChI=1S/C20H25N5O5S/c1-31(29,30)22-16(23-11-4-5-12-23)14-6-8-15(9-7-14)25-18(27)20(17(21)26)10-2-3-13-24(20)19(25)28/h6-9H,2-5,10-13H2,1H3,(H2,21,26)/t20-/m0/s1. The zero-order chi connectivity index (χ0) is 22.4. The van der Waals surface area contributed by atoms with E-state index in [2.05, 4.69) is 4.40 Å². The third kappa shape index (κ3) is 3.56. The van der Waals surface area contributed by atoms with Crippen LogP contribution in [0.4, 0.5) is 10.5 Å². The van der Waals surface area contributed by atoms with Crippen molar-refractivity contribution in [2.45, 2.75) is 37.6 Å². The highest BCUT2D eigenvalue weighted by Crippen LogP contribution is 2.38. The minimum Gasteiger partial charge on any atom is -0.367 e. The molecule has 1 atom stereocenters. The summed E-state index contributed by atoms with van der Waals surface area (Å²) in [7, 11) is -3.61. The predicted molar refractivity (Wildman–Crippen MR) is 114 cm³/mol. The van der Waals surface area contributed by atoms with Gasteiger partial charge in [0.2, 0.25) is 5.54 Å². The van der Waals surface area contributed by atoms with Crippen molar-refractivity contribution in [3.63, 3.8) is 0 Å². The first kappa shape index (κ1) is 21.3. The first-order valence-electron chi connectivity index (χ1n) is 10.3. The SMILES string of the molecule is CS(=O)(=O)N=C(c1ccc(N2C(=O)N3CCCC[C@]3(C(N)=O)C2=O)cc1)N1CCCC1. The number of rotatable bonds is 4. The van der Waals surface area contributed by atoms with Gasteiger partial charge >= 0.3 is 6.03 Å². The molecule has 3 aliphatic rings. The Bertz CT molecular complexity index is 1060. The van der Waals surface area contributed by atoms with Crippen LogP contribution in [-0.4, -0.2) is 73.3 Å². The van der Waals surface area contributed by atoms with Crippen LogP contribution in [0.2, 0.25) is 0 Å². The van der Waals surface area contributed by atoms with Crippen LogP contribution in [0.25, 0.3) is 0 Å². The largest absolute Gasteiger partial charge is 0.367 e. The molecule has 10 nitrogen and oxygen atoms in total. The molecule has 0 bridgehead atoms. The topological polar surface area (TPSA) is 133 Å². The number of piperidine rings is 1. The van der Waals surface area contributed by atoms with E-state index in [-0.39, 0.29) is 6.42 Å². The van der Waals surface area contributed by atoms with Gasteiger partial charge in [0.1, 0.15) is 5.84 Å². The van der Waals surface area contributed by atoms with Gasteiger partial charge in [-0.05, 0) is 56.4 Å². The second kappa shape index (κ2) is 7.63. The van der Waals surface area contributed by atoms with E-state index in [0.717, 1.165) is 24.0 Å². The summed E-state index contributed by atoms with van der Waals surface area (Å²) in [5.41, 5.74) is 4.80. The lowest BCUT2D eigenvalue weighted by Crippen LogP contribution is -2.60. The third-order valence-electron chi connectivity index (χ3n) is 6.06. The van der Waals surface area contributed by atoms with Gasteiger partial charge in [-0.25, -0.2) is 18.1 Å². The summed E-state index contributed by atoms with van der Waals surface area (Å²) in [5.74, 6) is -1.11. The fraction of sp³-hybridized carbons (Fsp3) is 0.500. The van der Waals surface area contributed by atoms with Crippen LogP contribution in [-0.2, 0) is 19.6 Å². The van der Waals surface area contributed by atoms with Gasteiger partial charge in [0.05, 0.1) is 11.9 Å². The molecular weight excluding hydrogens is 422 g/mol.